The second-order valence-corrected chi connectivity index (χ2v) is 8.36. The normalized spacial score (nSPS) is 11.4. The number of hydrogen-bond acceptors (Lipinski definition) is 1. The molecule has 1 heterocycles. The Bertz CT molecular complexity index is 970. The van der Waals surface area contributed by atoms with Gasteiger partial charge in [-0.3, -0.25) is 4.99 Å². The summed E-state index contributed by atoms with van der Waals surface area (Å²) >= 11 is 5.87. The Morgan fingerprint density at radius 2 is 1.72 bits per heavy atom. The molecule has 3 rings (SSSR count). The number of halogens is 2. The molecule has 25 heavy (non-hydrogen) atoms. The monoisotopic (exact) mass is 506 g/mol. The van der Waals surface area contributed by atoms with E-state index in [1.54, 1.807) is 0 Å². The molecule has 0 spiro atoms. The summed E-state index contributed by atoms with van der Waals surface area (Å²) < 4.78 is 4.66. The van der Waals surface area contributed by atoms with Gasteiger partial charge in [0.05, 0.1) is 5.69 Å². The number of rotatable bonds is 3. The van der Waals surface area contributed by atoms with E-state index in [4.69, 9.17) is 4.99 Å². The van der Waals surface area contributed by atoms with Crippen LogP contribution >= 0.6 is 38.5 Å². The molecule has 0 unspecified atom stereocenters. The van der Waals surface area contributed by atoms with Crippen molar-refractivity contribution in [3.8, 4) is 5.69 Å². The molecule has 1 aromatic heterocycles. The molecule has 0 saturated heterocycles. The van der Waals surface area contributed by atoms with Gasteiger partial charge in [-0.25, -0.2) is 0 Å². The number of nitrogens with zero attached hydrogens (tertiary/aromatic N) is 2. The largest absolute Gasteiger partial charge is 0.318 e. The first-order valence-electron chi connectivity index (χ1n) is 8.12. The quantitative estimate of drug-likeness (QED) is 0.273. The molecule has 0 bridgehead atoms. The van der Waals surface area contributed by atoms with E-state index in [2.05, 4.69) is 101 Å². The minimum Gasteiger partial charge on any atom is -0.318 e. The standard InChI is InChI=1S/C21H20BrIN2/c1-13-10-19(6-7-20(13)23)25-15(3)11-17(16(25)4)12-24-21-8-5-18(22)9-14(21)2/h5-12H,1-4H3. The maximum atomic E-state index is 4.70. The average molecular weight is 507 g/mol. The summed E-state index contributed by atoms with van der Waals surface area (Å²) in [6.45, 7) is 8.52. The van der Waals surface area contributed by atoms with E-state index in [0.29, 0.717) is 0 Å². The first kappa shape index (κ1) is 18.4. The van der Waals surface area contributed by atoms with Crippen LogP contribution in [0.15, 0.2) is 51.9 Å². The van der Waals surface area contributed by atoms with Crippen LogP contribution in [0.4, 0.5) is 5.69 Å². The number of aryl methyl sites for hydroxylation is 3. The van der Waals surface area contributed by atoms with E-state index in [1.165, 1.54) is 26.2 Å². The Labute approximate surface area is 171 Å². The molecule has 0 atom stereocenters. The lowest BCUT2D eigenvalue weighted by Gasteiger charge is -2.11. The third kappa shape index (κ3) is 3.90. The van der Waals surface area contributed by atoms with Gasteiger partial charge in [-0.1, -0.05) is 15.9 Å². The lowest BCUT2D eigenvalue weighted by molar-refractivity contribution is 0.962. The van der Waals surface area contributed by atoms with Crippen LogP contribution in [0.1, 0.15) is 28.1 Å². The SMILES string of the molecule is Cc1cc(-n2c(C)cc(C=Nc3ccc(Br)cc3C)c2C)ccc1I. The molecular weight excluding hydrogens is 487 g/mol. The highest BCUT2D eigenvalue weighted by atomic mass is 127. The van der Waals surface area contributed by atoms with Crippen molar-refractivity contribution in [2.24, 2.45) is 4.99 Å². The smallest absolute Gasteiger partial charge is 0.0659 e. The van der Waals surface area contributed by atoms with Crippen LogP contribution < -0.4 is 0 Å². The molecule has 2 nitrogen and oxygen atoms in total. The highest BCUT2D eigenvalue weighted by Crippen LogP contribution is 2.25. The lowest BCUT2D eigenvalue weighted by atomic mass is 10.2. The van der Waals surface area contributed by atoms with E-state index in [9.17, 15) is 0 Å². The first-order chi connectivity index (χ1) is 11.9. The topological polar surface area (TPSA) is 17.3 Å². The van der Waals surface area contributed by atoms with Gasteiger partial charge in [-0.05, 0) is 104 Å². The predicted octanol–water partition coefficient (Wildman–Crippen LogP) is 6.83. The van der Waals surface area contributed by atoms with Crippen LogP contribution in [-0.2, 0) is 0 Å². The van der Waals surface area contributed by atoms with Crippen molar-refractivity contribution < 1.29 is 0 Å². The van der Waals surface area contributed by atoms with Gasteiger partial charge in [0.25, 0.3) is 0 Å². The van der Waals surface area contributed by atoms with Crippen molar-refractivity contribution in [3.05, 3.63) is 78.6 Å². The predicted molar refractivity (Wildman–Crippen MR) is 119 cm³/mol. The van der Waals surface area contributed by atoms with Gasteiger partial charge < -0.3 is 4.57 Å². The molecule has 0 aliphatic rings. The van der Waals surface area contributed by atoms with Crippen molar-refractivity contribution in [1.82, 2.24) is 4.57 Å². The van der Waals surface area contributed by atoms with Crippen LogP contribution in [0, 0.1) is 31.3 Å². The van der Waals surface area contributed by atoms with Crippen LogP contribution in [-0.4, -0.2) is 10.8 Å². The fraction of sp³-hybridized carbons (Fsp3) is 0.190. The van der Waals surface area contributed by atoms with Crippen LogP contribution in [0.2, 0.25) is 0 Å². The Hall–Kier alpha value is -1.40. The third-order valence-electron chi connectivity index (χ3n) is 4.37. The van der Waals surface area contributed by atoms with Crippen molar-refractivity contribution in [3.63, 3.8) is 0 Å². The molecule has 0 radical (unpaired) electrons. The minimum atomic E-state index is 0.998. The number of aliphatic imine (C=N–C) groups is 1. The zero-order valence-electron chi connectivity index (χ0n) is 14.8. The van der Waals surface area contributed by atoms with E-state index >= 15 is 0 Å². The van der Waals surface area contributed by atoms with Gasteiger partial charge >= 0.3 is 0 Å². The molecule has 0 aliphatic carbocycles. The molecule has 0 aliphatic heterocycles. The highest BCUT2D eigenvalue weighted by Gasteiger charge is 2.10. The molecule has 4 heteroatoms. The molecule has 0 amide bonds. The van der Waals surface area contributed by atoms with E-state index in [0.717, 1.165) is 21.3 Å². The molecule has 0 N–H and O–H groups in total. The Morgan fingerprint density at radius 1 is 0.960 bits per heavy atom. The number of aromatic nitrogens is 1. The van der Waals surface area contributed by atoms with Gasteiger partial charge in [-0.2, -0.15) is 0 Å². The van der Waals surface area contributed by atoms with Crippen LogP contribution in [0.25, 0.3) is 5.69 Å². The first-order valence-corrected chi connectivity index (χ1v) is 9.99. The van der Waals surface area contributed by atoms with E-state index < -0.39 is 0 Å². The Balaban J connectivity index is 1.99. The maximum absolute atomic E-state index is 4.70. The fourth-order valence-electron chi connectivity index (χ4n) is 2.99. The van der Waals surface area contributed by atoms with Crippen LogP contribution in [0.5, 0.6) is 0 Å². The Morgan fingerprint density at radius 3 is 2.40 bits per heavy atom. The van der Waals surface area contributed by atoms with Crippen molar-refractivity contribution in [2.45, 2.75) is 27.7 Å². The summed E-state index contributed by atoms with van der Waals surface area (Å²) in [5.74, 6) is 0. The van der Waals surface area contributed by atoms with Gasteiger partial charge in [0.15, 0.2) is 0 Å². The molecule has 2 aromatic carbocycles. The van der Waals surface area contributed by atoms with E-state index in [-0.39, 0.29) is 0 Å². The summed E-state index contributed by atoms with van der Waals surface area (Å²) in [7, 11) is 0. The summed E-state index contributed by atoms with van der Waals surface area (Å²) in [5, 5.41) is 0. The van der Waals surface area contributed by atoms with Gasteiger partial charge in [0, 0.05) is 36.9 Å². The molecule has 128 valence electrons. The summed E-state index contributed by atoms with van der Waals surface area (Å²) in [6.07, 6.45) is 1.97. The van der Waals surface area contributed by atoms with E-state index in [1.807, 2.05) is 18.3 Å². The third-order valence-corrected chi connectivity index (χ3v) is 6.08. The lowest BCUT2D eigenvalue weighted by Crippen LogP contribution is -2.00. The average Bonchev–Trinajstić information content (AvgIpc) is 2.83. The zero-order valence-corrected chi connectivity index (χ0v) is 18.5. The second kappa shape index (κ2) is 7.46. The van der Waals surface area contributed by atoms with Crippen molar-refractivity contribution in [2.75, 3.05) is 0 Å². The minimum absolute atomic E-state index is 0.998. The summed E-state index contributed by atoms with van der Waals surface area (Å²) in [4.78, 5) is 4.70. The van der Waals surface area contributed by atoms with Gasteiger partial charge in [0.2, 0.25) is 0 Å². The second-order valence-electron chi connectivity index (χ2n) is 6.28. The molecule has 0 fully saturated rings. The summed E-state index contributed by atoms with van der Waals surface area (Å²) in [5.41, 5.74) is 8.23. The number of hydrogen-bond donors (Lipinski definition) is 0. The van der Waals surface area contributed by atoms with Crippen molar-refractivity contribution >= 4 is 50.4 Å². The zero-order chi connectivity index (χ0) is 18.1. The Kier molecular flexibility index (Phi) is 5.49. The van der Waals surface area contributed by atoms with Gasteiger partial charge in [-0.15, -0.1) is 0 Å². The number of benzene rings is 2. The van der Waals surface area contributed by atoms with Gasteiger partial charge in [0.1, 0.15) is 0 Å². The maximum Gasteiger partial charge on any atom is 0.0659 e. The molecular formula is C21H20BrIN2. The summed E-state index contributed by atoms with van der Waals surface area (Å²) in [6, 6.07) is 14.9. The fourth-order valence-corrected chi connectivity index (χ4v) is 3.80. The van der Waals surface area contributed by atoms with Crippen LogP contribution in [0.3, 0.4) is 0 Å². The van der Waals surface area contributed by atoms with Crippen molar-refractivity contribution in [1.29, 1.82) is 0 Å². The molecule has 3 aromatic rings. The highest BCUT2D eigenvalue weighted by molar-refractivity contribution is 14.1. The molecule has 0 saturated carbocycles.